The summed E-state index contributed by atoms with van der Waals surface area (Å²) in [4.78, 5) is 9.03. The van der Waals surface area contributed by atoms with Crippen molar-refractivity contribution in [1.82, 2.24) is 9.97 Å². The van der Waals surface area contributed by atoms with Gasteiger partial charge in [-0.3, -0.25) is 0 Å². The van der Waals surface area contributed by atoms with Gasteiger partial charge in [0.05, 0.1) is 0 Å². The summed E-state index contributed by atoms with van der Waals surface area (Å²) in [5, 5.41) is 6.72. The van der Waals surface area contributed by atoms with E-state index in [1.54, 1.807) is 0 Å². The maximum absolute atomic E-state index is 4.55. The minimum atomic E-state index is 0.396. The van der Waals surface area contributed by atoms with Crippen molar-refractivity contribution in [3.63, 3.8) is 0 Å². The summed E-state index contributed by atoms with van der Waals surface area (Å²) < 4.78 is 0. The quantitative estimate of drug-likeness (QED) is 0.856. The molecule has 0 spiro atoms. The predicted octanol–water partition coefficient (Wildman–Crippen LogP) is 4.36. The second-order valence-electron chi connectivity index (χ2n) is 5.62. The number of anilines is 3. The standard InChI is InChI=1S/C17H24N4/c1-6-13(4)18-16-10-14(5)19-17(21-16)20-15-9-11(2)7-8-12(15)3/h7-10,13H,6H2,1-5H3,(H2,18,19,20,21). The highest BCUT2D eigenvalue weighted by molar-refractivity contribution is 5.60. The summed E-state index contributed by atoms with van der Waals surface area (Å²) in [5.41, 5.74) is 4.40. The summed E-state index contributed by atoms with van der Waals surface area (Å²) in [6, 6.07) is 8.69. The van der Waals surface area contributed by atoms with Gasteiger partial charge in [-0.2, -0.15) is 4.98 Å². The Hall–Kier alpha value is -2.10. The average molecular weight is 284 g/mol. The van der Waals surface area contributed by atoms with Crippen LogP contribution in [0.25, 0.3) is 0 Å². The van der Waals surface area contributed by atoms with Crippen LogP contribution in [0.3, 0.4) is 0 Å². The van der Waals surface area contributed by atoms with Crippen LogP contribution in [0.2, 0.25) is 0 Å². The van der Waals surface area contributed by atoms with Gasteiger partial charge in [0.25, 0.3) is 0 Å². The molecule has 1 heterocycles. The van der Waals surface area contributed by atoms with Crippen LogP contribution in [0, 0.1) is 20.8 Å². The molecule has 0 aliphatic rings. The van der Waals surface area contributed by atoms with Gasteiger partial charge in [0.15, 0.2) is 0 Å². The molecule has 0 saturated carbocycles. The Morgan fingerprint density at radius 1 is 1.10 bits per heavy atom. The smallest absolute Gasteiger partial charge is 0.229 e. The number of benzene rings is 1. The summed E-state index contributed by atoms with van der Waals surface area (Å²) in [6.45, 7) is 10.4. The third kappa shape index (κ3) is 4.18. The molecule has 1 aromatic heterocycles. The van der Waals surface area contributed by atoms with Gasteiger partial charge in [-0.25, -0.2) is 4.98 Å². The van der Waals surface area contributed by atoms with Crippen LogP contribution in [-0.2, 0) is 0 Å². The molecule has 0 amide bonds. The van der Waals surface area contributed by atoms with E-state index in [1.807, 2.05) is 13.0 Å². The highest BCUT2D eigenvalue weighted by atomic mass is 15.1. The molecule has 2 aromatic rings. The van der Waals surface area contributed by atoms with Crippen LogP contribution < -0.4 is 10.6 Å². The minimum absolute atomic E-state index is 0.396. The number of aryl methyl sites for hydroxylation is 3. The van der Waals surface area contributed by atoms with Crippen molar-refractivity contribution in [2.24, 2.45) is 0 Å². The van der Waals surface area contributed by atoms with Gasteiger partial charge in [-0.15, -0.1) is 0 Å². The van der Waals surface area contributed by atoms with Crippen molar-refractivity contribution >= 4 is 17.5 Å². The summed E-state index contributed by atoms with van der Waals surface area (Å²) in [5.74, 6) is 1.50. The van der Waals surface area contributed by atoms with Crippen molar-refractivity contribution in [2.45, 2.75) is 47.1 Å². The molecular formula is C17H24N4. The predicted molar refractivity (Wildman–Crippen MR) is 89.3 cm³/mol. The van der Waals surface area contributed by atoms with Gasteiger partial charge in [0.2, 0.25) is 5.95 Å². The molecule has 1 unspecified atom stereocenters. The summed E-state index contributed by atoms with van der Waals surface area (Å²) in [6.07, 6.45) is 1.06. The Labute approximate surface area is 127 Å². The Balaban J connectivity index is 2.25. The maximum Gasteiger partial charge on any atom is 0.229 e. The Morgan fingerprint density at radius 3 is 2.57 bits per heavy atom. The number of nitrogens with zero attached hydrogens (tertiary/aromatic N) is 2. The maximum atomic E-state index is 4.55. The molecule has 0 bridgehead atoms. The highest BCUT2D eigenvalue weighted by Crippen LogP contribution is 2.21. The van der Waals surface area contributed by atoms with E-state index in [-0.39, 0.29) is 0 Å². The van der Waals surface area contributed by atoms with Gasteiger partial charge in [-0.1, -0.05) is 19.1 Å². The first kappa shape index (κ1) is 15.3. The molecule has 2 rings (SSSR count). The van der Waals surface area contributed by atoms with Crippen molar-refractivity contribution < 1.29 is 0 Å². The fraction of sp³-hybridized carbons (Fsp3) is 0.412. The Bertz CT molecular complexity index is 622. The zero-order valence-corrected chi connectivity index (χ0v) is 13.5. The fourth-order valence-corrected chi connectivity index (χ4v) is 2.04. The fourth-order valence-electron chi connectivity index (χ4n) is 2.04. The van der Waals surface area contributed by atoms with Gasteiger partial charge < -0.3 is 10.6 Å². The first-order valence-electron chi connectivity index (χ1n) is 7.44. The first-order chi connectivity index (χ1) is 9.97. The molecule has 21 heavy (non-hydrogen) atoms. The van der Waals surface area contributed by atoms with E-state index in [4.69, 9.17) is 0 Å². The topological polar surface area (TPSA) is 49.8 Å². The van der Waals surface area contributed by atoms with Crippen LogP contribution in [0.4, 0.5) is 17.5 Å². The molecule has 0 fully saturated rings. The average Bonchev–Trinajstić information content (AvgIpc) is 2.42. The number of nitrogens with one attached hydrogen (secondary N) is 2. The normalized spacial score (nSPS) is 12.0. The molecular weight excluding hydrogens is 260 g/mol. The summed E-state index contributed by atoms with van der Waals surface area (Å²) in [7, 11) is 0. The molecule has 1 aromatic carbocycles. The van der Waals surface area contributed by atoms with E-state index in [0.29, 0.717) is 12.0 Å². The van der Waals surface area contributed by atoms with Crippen molar-refractivity contribution in [3.05, 3.63) is 41.1 Å². The Morgan fingerprint density at radius 2 is 1.86 bits per heavy atom. The SMILES string of the molecule is CCC(C)Nc1cc(C)nc(Nc2cc(C)ccc2C)n1. The zero-order chi connectivity index (χ0) is 15.4. The number of rotatable bonds is 5. The minimum Gasteiger partial charge on any atom is -0.367 e. The molecule has 0 aliphatic heterocycles. The lowest BCUT2D eigenvalue weighted by atomic mass is 10.1. The second kappa shape index (κ2) is 6.57. The molecule has 4 nitrogen and oxygen atoms in total. The van der Waals surface area contributed by atoms with E-state index in [1.165, 1.54) is 11.1 Å². The van der Waals surface area contributed by atoms with Crippen molar-refractivity contribution in [2.75, 3.05) is 10.6 Å². The van der Waals surface area contributed by atoms with Crippen LogP contribution in [0.15, 0.2) is 24.3 Å². The highest BCUT2D eigenvalue weighted by Gasteiger charge is 2.06. The number of aromatic nitrogens is 2. The van der Waals surface area contributed by atoms with Crippen LogP contribution >= 0.6 is 0 Å². The van der Waals surface area contributed by atoms with Crippen LogP contribution in [-0.4, -0.2) is 16.0 Å². The van der Waals surface area contributed by atoms with E-state index < -0.39 is 0 Å². The van der Waals surface area contributed by atoms with Crippen LogP contribution in [0.1, 0.15) is 37.1 Å². The second-order valence-corrected chi connectivity index (χ2v) is 5.62. The van der Waals surface area contributed by atoms with E-state index in [9.17, 15) is 0 Å². The zero-order valence-electron chi connectivity index (χ0n) is 13.5. The largest absolute Gasteiger partial charge is 0.367 e. The Kier molecular flexibility index (Phi) is 4.78. The van der Waals surface area contributed by atoms with E-state index in [2.05, 4.69) is 66.5 Å². The molecule has 1 atom stereocenters. The van der Waals surface area contributed by atoms with Crippen LogP contribution in [0.5, 0.6) is 0 Å². The molecule has 112 valence electrons. The molecule has 0 saturated heterocycles. The monoisotopic (exact) mass is 284 g/mol. The van der Waals surface area contributed by atoms with Crippen molar-refractivity contribution in [3.8, 4) is 0 Å². The summed E-state index contributed by atoms with van der Waals surface area (Å²) >= 11 is 0. The molecule has 4 heteroatoms. The molecule has 2 N–H and O–H groups in total. The van der Waals surface area contributed by atoms with Gasteiger partial charge in [-0.05, 0) is 51.3 Å². The van der Waals surface area contributed by atoms with Gasteiger partial charge in [0, 0.05) is 23.5 Å². The van der Waals surface area contributed by atoms with Crippen molar-refractivity contribution in [1.29, 1.82) is 0 Å². The lowest BCUT2D eigenvalue weighted by Crippen LogP contribution is -2.15. The third-order valence-corrected chi connectivity index (χ3v) is 3.50. The van der Waals surface area contributed by atoms with E-state index in [0.717, 1.165) is 23.6 Å². The number of hydrogen-bond acceptors (Lipinski definition) is 4. The lowest BCUT2D eigenvalue weighted by molar-refractivity contribution is 0.758. The number of hydrogen-bond donors (Lipinski definition) is 2. The first-order valence-corrected chi connectivity index (χ1v) is 7.44. The van der Waals surface area contributed by atoms with Gasteiger partial charge >= 0.3 is 0 Å². The van der Waals surface area contributed by atoms with Gasteiger partial charge in [0.1, 0.15) is 5.82 Å². The molecule has 0 radical (unpaired) electrons. The van der Waals surface area contributed by atoms with E-state index >= 15 is 0 Å². The molecule has 0 aliphatic carbocycles. The lowest BCUT2D eigenvalue weighted by Gasteiger charge is -2.14. The third-order valence-electron chi connectivity index (χ3n) is 3.50.